The van der Waals surface area contributed by atoms with E-state index >= 15 is 0 Å². The molecule has 1 aromatic rings. The molecular formula is C24H36N2O2. The Bertz CT molecular complexity index is 603. The van der Waals surface area contributed by atoms with E-state index in [0.29, 0.717) is 23.2 Å². The van der Waals surface area contributed by atoms with E-state index in [-0.39, 0.29) is 11.8 Å². The van der Waals surface area contributed by atoms with Gasteiger partial charge in [0.05, 0.1) is 0 Å². The van der Waals surface area contributed by atoms with Crippen LogP contribution in [0, 0.1) is 0 Å². The van der Waals surface area contributed by atoms with E-state index in [9.17, 15) is 9.59 Å². The smallest absolute Gasteiger partial charge is 0.253 e. The van der Waals surface area contributed by atoms with Gasteiger partial charge < -0.3 is 9.80 Å². The van der Waals surface area contributed by atoms with Gasteiger partial charge in [-0.05, 0) is 43.9 Å². The van der Waals surface area contributed by atoms with E-state index in [2.05, 4.69) is 0 Å². The van der Waals surface area contributed by atoms with Crippen molar-refractivity contribution < 1.29 is 9.59 Å². The number of hydrogen-bond acceptors (Lipinski definition) is 2. The van der Waals surface area contributed by atoms with E-state index in [1.807, 2.05) is 42.1 Å². The summed E-state index contributed by atoms with van der Waals surface area (Å²) < 4.78 is 0. The predicted octanol–water partition coefficient (Wildman–Crippen LogP) is 5.28. The highest BCUT2D eigenvalue weighted by Crippen LogP contribution is 2.24. The molecule has 0 bridgehead atoms. The van der Waals surface area contributed by atoms with Crippen LogP contribution in [0.3, 0.4) is 0 Å². The van der Waals surface area contributed by atoms with Crippen molar-refractivity contribution >= 4 is 11.8 Å². The minimum atomic E-state index is 0.0404. The van der Waals surface area contributed by atoms with Gasteiger partial charge in [0.15, 0.2) is 0 Å². The molecule has 4 nitrogen and oxygen atoms in total. The molecule has 0 spiro atoms. The Morgan fingerprint density at radius 1 is 0.679 bits per heavy atom. The van der Waals surface area contributed by atoms with Gasteiger partial charge in [-0.2, -0.15) is 0 Å². The van der Waals surface area contributed by atoms with E-state index in [0.717, 1.165) is 25.7 Å². The number of carbonyl (C=O) groups is 2. The average molecular weight is 385 g/mol. The SMILES string of the molecule is CN(C(=O)c1cccc(C(=O)N(C)C2CCCCCC2)c1)C1CCCCCC1. The third kappa shape index (κ3) is 5.15. The van der Waals surface area contributed by atoms with E-state index in [1.165, 1.54) is 51.4 Å². The van der Waals surface area contributed by atoms with E-state index < -0.39 is 0 Å². The number of amides is 2. The van der Waals surface area contributed by atoms with Crippen molar-refractivity contribution in [1.29, 1.82) is 0 Å². The van der Waals surface area contributed by atoms with Crippen molar-refractivity contribution in [1.82, 2.24) is 9.80 Å². The molecule has 0 saturated heterocycles. The van der Waals surface area contributed by atoms with Gasteiger partial charge in [0.1, 0.15) is 0 Å². The maximum absolute atomic E-state index is 13.0. The minimum absolute atomic E-state index is 0.0404. The van der Waals surface area contributed by atoms with Crippen LogP contribution in [0.5, 0.6) is 0 Å². The first-order valence-electron chi connectivity index (χ1n) is 11.2. The second kappa shape index (κ2) is 10.1. The standard InChI is InChI=1S/C24H36N2O2/c1-25(21-14-7-3-4-8-15-21)23(27)19-12-11-13-20(18-19)24(28)26(2)22-16-9-5-6-10-17-22/h11-13,18,21-22H,3-10,14-17H2,1-2H3. The molecule has 28 heavy (non-hydrogen) atoms. The van der Waals surface area contributed by atoms with Crippen molar-refractivity contribution in [3.8, 4) is 0 Å². The number of carbonyl (C=O) groups excluding carboxylic acids is 2. The first-order chi connectivity index (χ1) is 13.6. The molecule has 154 valence electrons. The Balaban J connectivity index is 1.69. The van der Waals surface area contributed by atoms with Crippen molar-refractivity contribution in [3.63, 3.8) is 0 Å². The summed E-state index contributed by atoms with van der Waals surface area (Å²) in [5.74, 6) is 0.0809. The molecule has 2 aliphatic rings. The monoisotopic (exact) mass is 384 g/mol. The summed E-state index contributed by atoms with van der Waals surface area (Å²) in [6.45, 7) is 0. The Morgan fingerprint density at radius 2 is 1.04 bits per heavy atom. The fourth-order valence-electron chi connectivity index (χ4n) is 4.81. The Labute approximate surface area is 170 Å². The van der Waals surface area contributed by atoms with Crippen molar-refractivity contribution in [2.75, 3.05) is 14.1 Å². The van der Waals surface area contributed by atoms with Crippen LogP contribution >= 0.6 is 0 Å². The van der Waals surface area contributed by atoms with Crippen LogP contribution < -0.4 is 0 Å². The van der Waals surface area contributed by atoms with E-state index in [4.69, 9.17) is 0 Å². The Hall–Kier alpha value is -1.84. The molecule has 0 atom stereocenters. The van der Waals surface area contributed by atoms with Crippen LogP contribution in [0.25, 0.3) is 0 Å². The van der Waals surface area contributed by atoms with Gasteiger partial charge in [-0.25, -0.2) is 0 Å². The molecule has 0 heterocycles. The summed E-state index contributed by atoms with van der Waals surface area (Å²) in [5.41, 5.74) is 1.26. The van der Waals surface area contributed by atoms with Gasteiger partial charge >= 0.3 is 0 Å². The van der Waals surface area contributed by atoms with Gasteiger partial charge in [0.25, 0.3) is 11.8 Å². The second-order valence-electron chi connectivity index (χ2n) is 8.70. The summed E-state index contributed by atoms with van der Waals surface area (Å²) in [6, 6.07) is 7.98. The zero-order valence-electron chi connectivity index (χ0n) is 17.7. The van der Waals surface area contributed by atoms with Gasteiger partial charge in [0.2, 0.25) is 0 Å². The van der Waals surface area contributed by atoms with E-state index in [1.54, 1.807) is 6.07 Å². The molecule has 3 rings (SSSR count). The Morgan fingerprint density at radius 3 is 1.39 bits per heavy atom. The highest BCUT2D eigenvalue weighted by molar-refractivity contribution is 5.99. The van der Waals surface area contributed by atoms with Gasteiger partial charge in [0, 0.05) is 37.3 Å². The maximum atomic E-state index is 13.0. The largest absolute Gasteiger partial charge is 0.339 e. The molecule has 0 aromatic heterocycles. The number of nitrogens with zero attached hydrogens (tertiary/aromatic N) is 2. The topological polar surface area (TPSA) is 40.6 Å². The Kier molecular flexibility index (Phi) is 7.52. The summed E-state index contributed by atoms with van der Waals surface area (Å²) in [5, 5.41) is 0. The van der Waals surface area contributed by atoms with Crippen molar-refractivity contribution in [2.24, 2.45) is 0 Å². The average Bonchev–Trinajstić information content (AvgIpc) is 3.17. The lowest BCUT2D eigenvalue weighted by Crippen LogP contribution is -2.38. The zero-order valence-corrected chi connectivity index (χ0v) is 17.7. The molecule has 0 radical (unpaired) electrons. The number of hydrogen-bond donors (Lipinski definition) is 0. The summed E-state index contributed by atoms with van der Waals surface area (Å²) in [6.07, 6.45) is 14.3. The van der Waals surface area contributed by atoms with Crippen LogP contribution in [-0.4, -0.2) is 47.8 Å². The highest BCUT2D eigenvalue weighted by atomic mass is 16.2. The van der Waals surface area contributed by atoms with Crippen molar-refractivity contribution in [3.05, 3.63) is 35.4 Å². The first-order valence-corrected chi connectivity index (χ1v) is 11.2. The fraction of sp³-hybridized carbons (Fsp3) is 0.667. The van der Waals surface area contributed by atoms with Crippen LogP contribution in [-0.2, 0) is 0 Å². The predicted molar refractivity (Wildman–Crippen MR) is 114 cm³/mol. The molecule has 0 N–H and O–H groups in total. The van der Waals surface area contributed by atoms with Crippen LogP contribution in [0.1, 0.15) is 97.8 Å². The normalized spacial score (nSPS) is 19.5. The molecule has 2 fully saturated rings. The zero-order chi connectivity index (χ0) is 19.9. The molecule has 2 saturated carbocycles. The summed E-state index contributed by atoms with van der Waals surface area (Å²) in [4.78, 5) is 29.9. The van der Waals surface area contributed by atoms with Crippen molar-refractivity contribution in [2.45, 2.75) is 89.1 Å². The third-order valence-corrected chi connectivity index (χ3v) is 6.74. The lowest BCUT2D eigenvalue weighted by Gasteiger charge is -2.28. The minimum Gasteiger partial charge on any atom is -0.339 e. The number of rotatable bonds is 4. The van der Waals surface area contributed by atoms with Gasteiger partial charge in [-0.3, -0.25) is 9.59 Å². The van der Waals surface area contributed by atoms with Crippen LogP contribution in [0.2, 0.25) is 0 Å². The summed E-state index contributed by atoms with van der Waals surface area (Å²) >= 11 is 0. The second-order valence-corrected chi connectivity index (χ2v) is 8.70. The van der Waals surface area contributed by atoms with Crippen LogP contribution in [0.15, 0.2) is 24.3 Å². The molecule has 4 heteroatoms. The lowest BCUT2D eigenvalue weighted by atomic mass is 10.0. The van der Waals surface area contributed by atoms with Gasteiger partial charge in [-0.15, -0.1) is 0 Å². The fourth-order valence-corrected chi connectivity index (χ4v) is 4.81. The molecule has 2 aliphatic carbocycles. The maximum Gasteiger partial charge on any atom is 0.253 e. The highest BCUT2D eigenvalue weighted by Gasteiger charge is 2.25. The van der Waals surface area contributed by atoms with Gasteiger partial charge in [-0.1, -0.05) is 57.4 Å². The summed E-state index contributed by atoms with van der Waals surface area (Å²) in [7, 11) is 3.84. The molecule has 2 amide bonds. The van der Waals surface area contributed by atoms with Crippen LogP contribution in [0.4, 0.5) is 0 Å². The molecule has 0 unspecified atom stereocenters. The molecule has 1 aromatic carbocycles. The molecular weight excluding hydrogens is 348 g/mol. The quantitative estimate of drug-likeness (QED) is 0.663. The lowest BCUT2D eigenvalue weighted by molar-refractivity contribution is 0.0716. The first kappa shape index (κ1) is 20.9. The number of benzene rings is 1. The molecule has 0 aliphatic heterocycles. The third-order valence-electron chi connectivity index (χ3n) is 6.74.